The smallest absolute Gasteiger partial charge is 0.0695 e. The lowest BCUT2D eigenvalue weighted by atomic mass is 9.90. The maximum Gasteiger partial charge on any atom is 0.0695 e. The molecule has 1 saturated carbocycles. The van der Waals surface area contributed by atoms with Gasteiger partial charge < -0.3 is 9.84 Å². The first kappa shape index (κ1) is 11.4. The van der Waals surface area contributed by atoms with Crippen molar-refractivity contribution in [2.45, 2.75) is 63.8 Å². The minimum atomic E-state index is -0.119. The third kappa shape index (κ3) is 2.52. The van der Waals surface area contributed by atoms with Gasteiger partial charge in [0, 0.05) is 18.6 Å². The lowest BCUT2D eigenvalue weighted by Crippen LogP contribution is -2.56. The molecule has 3 nitrogen and oxygen atoms in total. The molecule has 1 saturated heterocycles. The molecule has 0 bridgehead atoms. The maximum absolute atomic E-state index is 10.0. The molecule has 1 heterocycles. The molecule has 0 spiro atoms. The van der Waals surface area contributed by atoms with E-state index in [0.717, 1.165) is 26.0 Å². The molecule has 15 heavy (non-hydrogen) atoms. The van der Waals surface area contributed by atoms with Crippen LogP contribution in [0.25, 0.3) is 0 Å². The molecule has 0 aromatic carbocycles. The van der Waals surface area contributed by atoms with Crippen molar-refractivity contribution in [2.24, 2.45) is 0 Å². The summed E-state index contributed by atoms with van der Waals surface area (Å²) in [7, 11) is 0. The minimum Gasteiger partial charge on any atom is -0.391 e. The van der Waals surface area contributed by atoms with Crippen LogP contribution in [0.4, 0.5) is 0 Å². The Labute approximate surface area is 92.4 Å². The Morgan fingerprint density at radius 1 is 1.20 bits per heavy atom. The predicted molar refractivity (Wildman–Crippen MR) is 59.8 cm³/mol. The normalized spacial score (nSPS) is 44.2. The summed E-state index contributed by atoms with van der Waals surface area (Å²) in [6.45, 7) is 6.11. The predicted octanol–water partition coefficient (Wildman–Crippen LogP) is 1.40. The van der Waals surface area contributed by atoms with E-state index in [9.17, 15) is 5.11 Å². The van der Waals surface area contributed by atoms with Crippen LogP contribution in [0.15, 0.2) is 0 Å². The second-order valence-corrected chi connectivity index (χ2v) is 5.11. The number of ether oxygens (including phenoxy) is 1. The summed E-state index contributed by atoms with van der Waals surface area (Å²) in [5.74, 6) is 0. The molecule has 1 aliphatic heterocycles. The second kappa shape index (κ2) is 4.81. The molecule has 0 aromatic heterocycles. The average molecular weight is 213 g/mol. The van der Waals surface area contributed by atoms with Crippen molar-refractivity contribution in [3.63, 3.8) is 0 Å². The van der Waals surface area contributed by atoms with Gasteiger partial charge in [0.2, 0.25) is 0 Å². The molecule has 0 aromatic rings. The van der Waals surface area contributed by atoms with Gasteiger partial charge in [-0.2, -0.15) is 0 Å². The molecule has 2 rings (SSSR count). The van der Waals surface area contributed by atoms with Gasteiger partial charge in [0.1, 0.15) is 0 Å². The lowest BCUT2D eigenvalue weighted by Gasteiger charge is -2.45. The van der Waals surface area contributed by atoms with Crippen LogP contribution in [0.2, 0.25) is 0 Å². The third-order valence-electron chi connectivity index (χ3n) is 3.78. The van der Waals surface area contributed by atoms with Crippen molar-refractivity contribution in [1.82, 2.24) is 4.90 Å². The summed E-state index contributed by atoms with van der Waals surface area (Å²) in [6.07, 6.45) is 4.77. The molecule has 2 unspecified atom stereocenters. The fourth-order valence-electron chi connectivity index (χ4n) is 2.87. The van der Waals surface area contributed by atoms with E-state index >= 15 is 0 Å². The van der Waals surface area contributed by atoms with Gasteiger partial charge in [-0.3, -0.25) is 4.90 Å². The fourth-order valence-corrected chi connectivity index (χ4v) is 2.87. The largest absolute Gasteiger partial charge is 0.391 e. The number of nitrogens with zero attached hydrogens (tertiary/aromatic N) is 1. The van der Waals surface area contributed by atoms with Crippen molar-refractivity contribution in [2.75, 3.05) is 13.2 Å². The first-order chi connectivity index (χ1) is 7.18. The number of hydrogen-bond donors (Lipinski definition) is 1. The summed E-state index contributed by atoms with van der Waals surface area (Å²) < 4.78 is 5.62. The van der Waals surface area contributed by atoms with E-state index in [1.54, 1.807) is 0 Å². The molecule has 0 amide bonds. The van der Waals surface area contributed by atoms with Crippen LogP contribution < -0.4 is 0 Å². The van der Waals surface area contributed by atoms with Crippen molar-refractivity contribution >= 4 is 0 Å². The average Bonchev–Trinajstić information content (AvgIpc) is 2.23. The highest BCUT2D eigenvalue weighted by Crippen LogP contribution is 2.26. The Hall–Kier alpha value is -0.120. The molecular formula is C12H23NO2. The van der Waals surface area contributed by atoms with Crippen LogP contribution in [0, 0.1) is 0 Å². The fraction of sp³-hybridized carbons (Fsp3) is 1.00. The van der Waals surface area contributed by atoms with Gasteiger partial charge in [-0.25, -0.2) is 0 Å². The number of aliphatic hydroxyl groups excluding tert-OH is 1. The van der Waals surface area contributed by atoms with Gasteiger partial charge in [0.25, 0.3) is 0 Å². The highest BCUT2D eigenvalue weighted by molar-refractivity contribution is 4.88. The van der Waals surface area contributed by atoms with Crippen LogP contribution in [0.1, 0.15) is 39.5 Å². The van der Waals surface area contributed by atoms with Crippen LogP contribution in [-0.4, -0.2) is 47.4 Å². The van der Waals surface area contributed by atoms with E-state index < -0.39 is 0 Å². The number of aliphatic hydroxyl groups is 1. The molecule has 0 radical (unpaired) electrons. The van der Waals surface area contributed by atoms with E-state index in [1.807, 2.05) is 0 Å². The number of hydrogen-bond acceptors (Lipinski definition) is 3. The number of rotatable bonds is 1. The van der Waals surface area contributed by atoms with Crippen molar-refractivity contribution in [3.05, 3.63) is 0 Å². The van der Waals surface area contributed by atoms with Crippen LogP contribution in [0.3, 0.4) is 0 Å². The highest BCUT2D eigenvalue weighted by atomic mass is 16.5. The molecule has 2 fully saturated rings. The first-order valence-electron chi connectivity index (χ1n) is 6.24. The van der Waals surface area contributed by atoms with E-state index in [2.05, 4.69) is 18.7 Å². The van der Waals surface area contributed by atoms with E-state index in [-0.39, 0.29) is 6.10 Å². The van der Waals surface area contributed by atoms with Gasteiger partial charge in [-0.15, -0.1) is 0 Å². The molecule has 88 valence electrons. The zero-order chi connectivity index (χ0) is 10.8. The Morgan fingerprint density at radius 3 is 2.67 bits per heavy atom. The quantitative estimate of drug-likeness (QED) is 0.714. The van der Waals surface area contributed by atoms with Crippen LogP contribution in [0.5, 0.6) is 0 Å². The summed E-state index contributed by atoms with van der Waals surface area (Å²) in [5, 5.41) is 10.0. The van der Waals surface area contributed by atoms with E-state index in [4.69, 9.17) is 4.74 Å². The SMILES string of the molecule is CC1CN([C@@H]2CCCC[C@H]2O)C(C)CO1. The Balaban J connectivity index is 1.99. The number of morpholine rings is 1. The maximum atomic E-state index is 10.0. The molecule has 1 aliphatic carbocycles. The topological polar surface area (TPSA) is 32.7 Å². The van der Waals surface area contributed by atoms with Gasteiger partial charge in [-0.1, -0.05) is 12.8 Å². The Morgan fingerprint density at radius 2 is 1.93 bits per heavy atom. The van der Waals surface area contributed by atoms with Crippen molar-refractivity contribution in [1.29, 1.82) is 0 Å². The first-order valence-corrected chi connectivity index (χ1v) is 6.24. The van der Waals surface area contributed by atoms with E-state index in [0.29, 0.717) is 18.2 Å². The lowest BCUT2D eigenvalue weighted by molar-refractivity contribution is -0.0947. The molecule has 1 N–H and O–H groups in total. The monoisotopic (exact) mass is 213 g/mol. The van der Waals surface area contributed by atoms with Gasteiger partial charge >= 0.3 is 0 Å². The van der Waals surface area contributed by atoms with Crippen molar-refractivity contribution < 1.29 is 9.84 Å². The Kier molecular flexibility index (Phi) is 3.65. The van der Waals surface area contributed by atoms with Crippen LogP contribution in [-0.2, 0) is 4.74 Å². The van der Waals surface area contributed by atoms with E-state index in [1.165, 1.54) is 12.8 Å². The summed E-state index contributed by atoms with van der Waals surface area (Å²) in [4.78, 5) is 2.46. The zero-order valence-corrected chi connectivity index (χ0v) is 9.85. The summed E-state index contributed by atoms with van der Waals surface area (Å²) >= 11 is 0. The Bertz CT molecular complexity index is 210. The minimum absolute atomic E-state index is 0.119. The molecular weight excluding hydrogens is 190 g/mol. The van der Waals surface area contributed by atoms with Gasteiger partial charge in [-0.05, 0) is 26.7 Å². The standard InChI is InChI=1S/C12H23NO2/c1-9-8-15-10(2)7-13(9)11-5-3-4-6-12(11)14/h9-12,14H,3-8H2,1-2H3/t9?,10?,11-,12-/m1/s1. The molecule has 3 heteroatoms. The zero-order valence-electron chi connectivity index (χ0n) is 9.85. The summed E-state index contributed by atoms with van der Waals surface area (Å²) in [5.41, 5.74) is 0. The highest BCUT2D eigenvalue weighted by Gasteiger charge is 2.34. The van der Waals surface area contributed by atoms with Gasteiger partial charge in [0.05, 0.1) is 18.8 Å². The summed E-state index contributed by atoms with van der Waals surface area (Å²) in [6, 6.07) is 0.832. The van der Waals surface area contributed by atoms with Crippen LogP contribution >= 0.6 is 0 Å². The van der Waals surface area contributed by atoms with Crippen molar-refractivity contribution in [3.8, 4) is 0 Å². The third-order valence-corrected chi connectivity index (χ3v) is 3.78. The molecule has 2 aliphatic rings. The molecule has 4 atom stereocenters. The second-order valence-electron chi connectivity index (χ2n) is 5.11. The van der Waals surface area contributed by atoms with Gasteiger partial charge in [0.15, 0.2) is 0 Å².